The molecule has 1 saturated heterocycles. The number of rotatable bonds is 4. The molecule has 3 atom stereocenters. The standard InChI is InChI=1S/C13H18IN3O2/c1-2-3-4-19-13(18)17-9-5-8(9)6-10(17)12-15-7-11(14)16-12/h7-10H,2-6H2,1H3,(H,15,16)/t8-,9-,10+/m1/s1. The summed E-state index contributed by atoms with van der Waals surface area (Å²) in [7, 11) is 0. The van der Waals surface area contributed by atoms with Crippen LogP contribution in [0.1, 0.15) is 44.5 Å². The maximum atomic E-state index is 12.2. The van der Waals surface area contributed by atoms with Gasteiger partial charge in [0, 0.05) is 6.04 Å². The van der Waals surface area contributed by atoms with Crippen molar-refractivity contribution in [1.29, 1.82) is 0 Å². The number of hydrogen-bond donors (Lipinski definition) is 1. The summed E-state index contributed by atoms with van der Waals surface area (Å²) in [5.41, 5.74) is 0. The molecule has 19 heavy (non-hydrogen) atoms. The fourth-order valence-electron chi connectivity index (χ4n) is 2.82. The second-order valence-electron chi connectivity index (χ2n) is 5.31. The Bertz CT molecular complexity index is 476. The topological polar surface area (TPSA) is 58.2 Å². The summed E-state index contributed by atoms with van der Waals surface area (Å²) in [5, 5.41) is 0. The van der Waals surface area contributed by atoms with Crippen molar-refractivity contribution in [2.75, 3.05) is 6.61 Å². The molecule has 1 saturated carbocycles. The molecule has 2 aliphatic rings. The van der Waals surface area contributed by atoms with Gasteiger partial charge in [0.05, 0.1) is 22.5 Å². The average molecular weight is 375 g/mol. The van der Waals surface area contributed by atoms with E-state index >= 15 is 0 Å². The van der Waals surface area contributed by atoms with Crippen LogP contribution in [-0.4, -0.2) is 33.6 Å². The lowest BCUT2D eigenvalue weighted by Gasteiger charge is -2.25. The first-order chi connectivity index (χ1) is 9.20. The minimum absolute atomic E-state index is 0.0707. The Morgan fingerprint density at radius 3 is 3.16 bits per heavy atom. The van der Waals surface area contributed by atoms with Gasteiger partial charge in [0.2, 0.25) is 0 Å². The number of carbonyl (C=O) groups excluding carboxylic acids is 1. The maximum Gasteiger partial charge on any atom is 0.410 e. The molecule has 1 aliphatic heterocycles. The molecule has 0 radical (unpaired) electrons. The predicted molar refractivity (Wildman–Crippen MR) is 78.7 cm³/mol. The number of piperidine rings is 1. The van der Waals surface area contributed by atoms with Crippen LogP contribution < -0.4 is 0 Å². The van der Waals surface area contributed by atoms with E-state index in [9.17, 15) is 4.79 Å². The zero-order valence-corrected chi connectivity index (χ0v) is 13.1. The number of carbonyl (C=O) groups is 1. The first-order valence-corrected chi connectivity index (χ1v) is 7.94. The van der Waals surface area contributed by atoms with Crippen molar-refractivity contribution < 1.29 is 9.53 Å². The lowest BCUT2D eigenvalue weighted by atomic mass is 10.1. The van der Waals surface area contributed by atoms with Crippen molar-refractivity contribution in [1.82, 2.24) is 14.9 Å². The number of likely N-dealkylation sites (tertiary alicyclic amines) is 1. The molecule has 6 heteroatoms. The highest BCUT2D eigenvalue weighted by Gasteiger charge is 2.55. The lowest BCUT2D eigenvalue weighted by molar-refractivity contribution is 0.0879. The van der Waals surface area contributed by atoms with Gasteiger partial charge in [0.15, 0.2) is 0 Å². The van der Waals surface area contributed by atoms with E-state index < -0.39 is 0 Å². The molecule has 2 fully saturated rings. The van der Waals surface area contributed by atoms with Crippen LogP contribution in [0.25, 0.3) is 0 Å². The van der Waals surface area contributed by atoms with Gasteiger partial charge in [-0.2, -0.15) is 0 Å². The molecule has 2 heterocycles. The van der Waals surface area contributed by atoms with Crippen LogP contribution in [0.3, 0.4) is 0 Å². The van der Waals surface area contributed by atoms with E-state index in [4.69, 9.17) is 4.74 Å². The van der Waals surface area contributed by atoms with Gasteiger partial charge >= 0.3 is 6.09 Å². The average Bonchev–Trinajstić information content (AvgIpc) is 2.84. The van der Waals surface area contributed by atoms with E-state index in [0.717, 1.165) is 35.2 Å². The summed E-state index contributed by atoms with van der Waals surface area (Å²) in [6, 6.07) is 0.447. The van der Waals surface area contributed by atoms with Crippen molar-refractivity contribution >= 4 is 28.7 Å². The summed E-state index contributed by atoms with van der Waals surface area (Å²) in [6.07, 6.45) is 5.74. The molecule has 0 aromatic carbocycles. The number of ether oxygens (including phenoxy) is 1. The Morgan fingerprint density at radius 1 is 1.63 bits per heavy atom. The molecule has 5 nitrogen and oxygen atoms in total. The van der Waals surface area contributed by atoms with Crippen molar-refractivity contribution in [2.45, 2.75) is 44.7 Å². The molecule has 1 aliphatic carbocycles. The summed E-state index contributed by atoms with van der Waals surface area (Å²) in [4.78, 5) is 21.7. The van der Waals surface area contributed by atoms with Crippen LogP contribution in [0.4, 0.5) is 4.79 Å². The third-order valence-electron chi connectivity index (χ3n) is 3.92. The van der Waals surface area contributed by atoms with E-state index in [1.54, 1.807) is 6.20 Å². The molecule has 1 aromatic heterocycles. The first-order valence-electron chi connectivity index (χ1n) is 6.86. The Labute approximate surface area is 126 Å². The zero-order chi connectivity index (χ0) is 13.4. The van der Waals surface area contributed by atoms with Crippen LogP contribution in [0.15, 0.2) is 6.20 Å². The van der Waals surface area contributed by atoms with Crippen LogP contribution in [0.2, 0.25) is 0 Å². The van der Waals surface area contributed by atoms with Gasteiger partial charge in [-0.3, -0.25) is 4.90 Å². The van der Waals surface area contributed by atoms with Crippen LogP contribution in [0, 0.1) is 9.62 Å². The fraction of sp³-hybridized carbons (Fsp3) is 0.692. The SMILES string of the molecule is CCCCOC(=O)N1[C@@H]2C[C@@H]2C[C@H]1c1ncc(I)[nH]1. The molecule has 0 bridgehead atoms. The van der Waals surface area contributed by atoms with E-state index in [1.807, 2.05) is 4.90 Å². The smallest absolute Gasteiger partial charge is 0.410 e. The highest BCUT2D eigenvalue weighted by molar-refractivity contribution is 14.1. The van der Waals surface area contributed by atoms with Crippen molar-refractivity contribution in [3.05, 3.63) is 15.7 Å². The van der Waals surface area contributed by atoms with Crippen LogP contribution in [0.5, 0.6) is 0 Å². The Balaban J connectivity index is 1.69. The highest BCUT2D eigenvalue weighted by Crippen LogP contribution is 2.53. The number of aromatic nitrogens is 2. The summed E-state index contributed by atoms with van der Waals surface area (Å²) in [6.45, 7) is 2.61. The zero-order valence-electron chi connectivity index (χ0n) is 10.9. The van der Waals surface area contributed by atoms with Gasteiger partial charge in [-0.15, -0.1) is 0 Å². The summed E-state index contributed by atoms with van der Waals surface area (Å²) in [5.74, 6) is 1.54. The molecule has 104 valence electrons. The number of nitrogens with one attached hydrogen (secondary N) is 1. The Kier molecular flexibility index (Phi) is 3.68. The minimum Gasteiger partial charge on any atom is -0.449 e. The molecule has 3 rings (SSSR count). The number of H-pyrrole nitrogens is 1. The number of aromatic amines is 1. The van der Waals surface area contributed by atoms with Gasteiger partial charge in [-0.1, -0.05) is 13.3 Å². The predicted octanol–water partition coefficient (Wildman–Crippen LogP) is 3.09. The lowest BCUT2D eigenvalue weighted by Crippen LogP contribution is -2.34. The molecule has 1 aromatic rings. The number of halogens is 1. The highest BCUT2D eigenvalue weighted by atomic mass is 127. The monoisotopic (exact) mass is 375 g/mol. The molecule has 1 amide bonds. The minimum atomic E-state index is -0.171. The first kappa shape index (κ1) is 13.2. The van der Waals surface area contributed by atoms with Crippen molar-refractivity contribution in [2.24, 2.45) is 5.92 Å². The Hall–Kier alpha value is -0.790. The number of imidazole rings is 1. The number of hydrogen-bond acceptors (Lipinski definition) is 3. The largest absolute Gasteiger partial charge is 0.449 e. The second-order valence-corrected chi connectivity index (χ2v) is 6.47. The second kappa shape index (κ2) is 5.30. The van der Waals surface area contributed by atoms with Crippen LogP contribution >= 0.6 is 22.6 Å². The normalized spacial score (nSPS) is 28.3. The quantitative estimate of drug-likeness (QED) is 0.650. The van der Waals surface area contributed by atoms with E-state index in [1.165, 1.54) is 0 Å². The Morgan fingerprint density at radius 2 is 2.47 bits per heavy atom. The van der Waals surface area contributed by atoms with Gasteiger partial charge < -0.3 is 9.72 Å². The van der Waals surface area contributed by atoms with Crippen LogP contribution in [-0.2, 0) is 4.74 Å². The van der Waals surface area contributed by atoms with Gasteiger partial charge in [0.1, 0.15) is 5.82 Å². The number of unbranched alkanes of at least 4 members (excludes halogenated alkanes) is 1. The van der Waals surface area contributed by atoms with Crippen molar-refractivity contribution in [3.63, 3.8) is 0 Å². The number of fused-ring (bicyclic) bond motifs is 1. The number of nitrogens with zero attached hydrogens (tertiary/aromatic N) is 2. The number of amides is 1. The van der Waals surface area contributed by atoms with E-state index in [2.05, 4.69) is 39.5 Å². The van der Waals surface area contributed by atoms with E-state index in [-0.39, 0.29) is 12.1 Å². The van der Waals surface area contributed by atoms with Crippen molar-refractivity contribution in [3.8, 4) is 0 Å². The molecular weight excluding hydrogens is 357 g/mol. The van der Waals surface area contributed by atoms with Gasteiger partial charge in [-0.25, -0.2) is 9.78 Å². The summed E-state index contributed by atoms with van der Waals surface area (Å²) >= 11 is 2.20. The third-order valence-corrected chi connectivity index (χ3v) is 4.47. The molecule has 0 unspecified atom stereocenters. The summed E-state index contributed by atoms with van der Waals surface area (Å²) < 4.78 is 6.37. The maximum absolute atomic E-state index is 12.2. The molecule has 0 spiro atoms. The molecule has 1 N–H and O–H groups in total. The molecular formula is C13H18IN3O2. The third kappa shape index (κ3) is 2.59. The van der Waals surface area contributed by atoms with Gasteiger partial charge in [-0.05, 0) is 47.8 Å². The van der Waals surface area contributed by atoms with E-state index in [0.29, 0.717) is 18.6 Å². The van der Waals surface area contributed by atoms with Gasteiger partial charge in [0.25, 0.3) is 0 Å². The fourth-order valence-corrected chi connectivity index (χ4v) is 3.24.